The van der Waals surface area contributed by atoms with Crippen LogP contribution in [0.1, 0.15) is 5.56 Å². The number of hydrazine groups is 1. The molecular weight excluding hydrogens is 398 g/mol. The van der Waals surface area contributed by atoms with Crippen LogP contribution in [0.4, 0.5) is 17.3 Å². The molecule has 100 valence electrons. The zero-order valence-corrected chi connectivity index (χ0v) is 13.6. The fourth-order valence-corrected chi connectivity index (χ4v) is 2.44. The second-order valence-corrected chi connectivity index (χ2v) is 5.86. The van der Waals surface area contributed by atoms with Gasteiger partial charge in [-0.3, -0.25) is 0 Å². The summed E-state index contributed by atoms with van der Waals surface area (Å²) in [7, 11) is 0. The molecule has 0 aliphatic rings. The molecule has 2 aromatic rings. The molecule has 0 saturated heterocycles. The van der Waals surface area contributed by atoms with E-state index in [1.54, 1.807) is 6.07 Å². The number of aromatic nitrogens is 1. The Labute approximate surface area is 134 Å². The van der Waals surface area contributed by atoms with Gasteiger partial charge < -0.3 is 10.7 Å². The van der Waals surface area contributed by atoms with Gasteiger partial charge >= 0.3 is 0 Å². The average molecular weight is 409 g/mol. The number of hydrogen-bond acceptors (Lipinski definition) is 4. The quantitative estimate of drug-likeness (QED) is 0.401. The van der Waals surface area contributed by atoms with Crippen LogP contribution in [0.25, 0.3) is 0 Å². The number of nitrogens with two attached hydrogens (primary N) is 1. The Morgan fingerprint density at radius 1 is 1.16 bits per heavy atom. The molecule has 7 heteroatoms. The molecule has 0 spiro atoms. The number of hydrogen-bond donors (Lipinski definition) is 3. The minimum atomic E-state index is 0.371. The van der Waals surface area contributed by atoms with E-state index in [4.69, 9.17) is 29.0 Å². The zero-order valence-electron chi connectivity index (χ0n) is 9.97. The van der Waals surface area contributed by atoms with Crippen LogP contribution in [0.15, 0.2) is 24.3 Å². The lowest BCUT2D eigenvalue weighted by Gasteiger charge is -2.11. The molecule has 19 heavy (non-hydrogen) atoms. The number of aryl methyl sites for hydroxylation is 1. The first-order valence-corrected chi connectivity index (χ1v) is 7.20. The van der Waals surface area contributed by atoms with Crippen LogP contribution in [0.3, 0.4) is 0 Å². The van der Waals surface area contributed by atoms with Gasteiger partial charge in [-0.1, -0.05) is 29.3 Å². The summed E-state index contributed by atoms with van der Waals surface area (Å²) >= 11 is 14.3. The highest BCUT2D eigenvalue weighted by Gasteiger charge is 2.09. The maximum absolute atomic E-state index is 6.10. The second kappa shape index (κ2) is 6.13. The first kappa shape index (κ1) is 14.6. The van der Waals surface area contributed by atoms with Crippen molar-refractivity contribution in [1.82, 2.24) is 4.98 Å². The largest absolute Gasteiger partial charge is 0.339 e. The maximum Gasteiger partial charge on any atom is 0.161 e. The zero-order chi connectivity index (χ0) is 14.0. The molecule has 4 N–H and O–H groups in total. The lowest BCUT2D eigenvalue weighted by atomic mass is 10.2. The monoisotopic (exact) mass is 408 g/mol. The summed E-state index contributed by atoms with van der Waals surface area (Å²) in [4.78, 5) is 4.22. The van der Waals surface area contributed by atoms with Crippen molar-refractivity contribution in [3.05, 3.63) is 43.4 Å². The number of halogens is 3. The fraction of sp³-hybridized carbons (Fsp3) is 0.0833. The fourth-order valence-electron chi connectivity index (χ4n) is 1.46. The molecule has 0 aliphatic carbocycles. The van der Waals surface area contributed by atoms with Crippen LogP contribution < -0.4 is 16.6 Å². The Hall–Kier alpha value is -0.760. The third-order valence-electron chi connectivity index (χ3n) is 2.50. The van der Waals surface area contributed by atoms with Gasteiger partial charge in [-0.15, -0.1) is 0 Å². The molecule has 0 amide bonds. The van der Waals surface area contributed by atoms with Crippen LogP contribution in [0.2, 0.25) is 10.0 Å². The molecule has 0 radical (unpaired) electrons. The van der Waals surface area contributed by atoms with Crippen molar-refractivity contribution in [2.45, 2.75) is 6.92 Å². The second-order valence-electron chi connectivity index (χ2n) is 3.88. The number of benzene rings is 1. The van der Waals surface area contributed by atoms with E-state index in [2.05, 4.69) is 45.2 Å². The topological polar surface area (TPSA) is 63.0 Å². The van der Waals surface area contributed by atoms with Crippen molar-refractivity contribution in [3.8, 4) is 0 Å². The van der Waals surface area contributed by atoms with E-state index in [0.717, 1.165) is 9.26 Å². The van der Waals surface area contributed by atoms with Gasteiger partial charge in [0.2, 0.25) is 0 Å². The first-order valence-electron chi connectivity index (χ1n) is 5.37. The summed E-state index contributed by atoms with van der Waals surface area (Å²) in [6.45, 7) is 2.05. The number of anilines is 3. The Kier molecular flexibility index (Phi) is 4.72. The van der Waals surface area contributed by atoms with E-state index in [0.29, 0.717) is 21.7 Å². The van der Waals surface area contributed by atoms with Crippen LogP contribution in [-0.4, -0.2) is 4.98 Å². The Balaban J connectivity index is 2.34. The van der Waals surface area contributed by atoms with Crippen molar-refractivity contribution in [2.75, 3.05) is 10.7 Å². The van der Waals surface area contributed by atoms with Gasteiger partial charge in [-0.05, 0) is 53.3 Å². The highest BCUT2D eigenvalue weighted by atomic mass is 127. The van der Waals surface area contributed by atoms with E-state index >= 15 is 0 Å². The lowest BCUT2D eigenvalue weighted by molar-refractivity contribution is 1.22. The highest BCUT2D eigenvalue weighted by Crippen LogP contribution is 2.31. The SMILES string of the molecule is Cc1ccc(Nc2nc(NN)c(Cl)cc2Cl)cc1I. The van der Waals surface area contributed by atoms with Gasteiger partial charge in [0.05, 0.1) is 10.0 Å². The smallest absolute Gasteiger partial charge is 0.161 e. The predicted molar refractivity (Wildman–Crippen MR) is 89.2 cm³/mol. The molecule has 1 heterocycles. The van der Waals surface area contributed by atoms with Crippen LogP contribution in [0.5, 0.6) is 0 Å². The summed E-state index contributed by atoms with van der Waals surface area (Å²) in [6, 6.07) is 7.58. The molecular formula is C12H11Cl2IN4. The molecule has 0 aliphatic heterocycles. The Bertz CT molecular complexity index is 619. The predicted octanol–water partition coefficient (Wildman–Crippen LogP) is 4.33. The van der Waals surface area contributed by atoms with Crippen LogP contribution >= 0.6 is 45.8 Å². The highest BCUT2D eigenvalue weighted by molar-refractivity contribution is 14.1. The van der Waals surface area contributed by atoms with Crippen molar-refractivity contribution < 1.29 is 0 Å². The van der Waals surface area contributed by atoms with Crippen molar-refractivity contribution in [3.63, 3.8) is 0 Å². The van der Waals surface area contributed by atoms with Gasteiger partial charge in [0.25, 0.3) is 0 Å². The maximum atomic E-state index is 6.10. The van der Waals surface area contributed by atoms with E-state index in [-0.39, 0.29) is 0 Å². The van der Waals surface area contributed by atoms with E-state index < -0.39 is 0 Å². The summed E-state index contributed by atoms with van der Waals surface area (Å²) in [5.41, 5.74) is 4.54. The number of nitrogens with one attached hydrogen (secondary N) is 2. The van der Waals surface area contributed by atoms with Crippen molar-refractivity contribution in [2.24, 2.45) is 5.84 Å². The van der Waals surface area contributed by atoms with Crippen LogP contribution in [-0.2, 0) is 0 Å². The third kappa shape index (κ3) is 3.42. The summed E-state index contributed by atoms with van der Waals surface area (Å²) < 4.78 is 1.16. The van der Waals surface area contributed by atoms with E-state index in [1.807, 2.05) is 18.2 Å². The molecule has 0 fully saturated rings. The summed E-state index contributed by atoms with van der Waals surface area (Å²) in [6.07, 6.45) is 0. The van der Waals surface area contributed by atoms with Gasteiger partial charge in [0.15, 0.2) is 11.6 Å². The molecule has 1 aromatic carbocycles. The molecule has 0 bridgehead atoms. The molecule has 0 saturated carbocycles. The Morgan fingerprint density at radius 3 is 2.47 bits per heavy atom. The molecule has 1 aromatic heterocycles. The average Bonchev–Trinajstić information content (AvgIpc) is 2.37. The molecule has 0 unspecified atom stereocenters. The summed E-state index contributed by atoms with van der Waals surface area (Å²) in [5.74, 6) is 6.21. The standard InChI is InChI=1S/C12H11Cl2IN4/c1-6-2-3-7(4-10(6)15)17-11-8(13)5-9(14)12(18-11)19-16/h2-5H,16H2,1H3,(H2,17,18,19). The molecule has 4 nitrogen and oxygen atoms in total. The van der Waals surface area contributed by atoms with Gasteiger partial charge in [-0.25, -0.2) is 10.8 Å². The molecule has 2 rings (SSSR count). The third-order valence-corrected chi connectivity index (χ3v) is 4.24. The lowest BCUT2D eigenvalue weighted by Crippen LogP contribution is -2.10. The number of nitrogen functional groups attached to an aromatic ring is 1. The Morgan fingerprint density at radius 2 is 1.84 bits per heavy atom. The number of rotatable bonds is 3. The van der Waals surface area contributed by atoms with Gasteiger partial charge in [-0.2, -0.15) is 0 Å². The van der Waals surface area contributed by atoms with Gasteiger partial charge in [0.1, 0.15) is 0 Å². The summed E-state index contributed by atoms with van der Waals surface area (Å²) in [5, 5.41) is 3.94. The van der Waals surface area contributed by atoms with Gasteiger partial charge in [0, 0.05) is 9.26 Å². The van der Waals surface area contributed by atoms with Crippen LogP contribution in [0, 0.1) is 10.5 Å². The normalized spacial score (nSPS) is 10.4. The number of nitrogens with zero attached hydrogens (tertiary/aromatic N) is 1. The minimum absolute atomic E-state index is 0.371. The van der Waals surface area contributed by atoms with Crippen molar-refractivity contribution >= 4 is 63.1 Å². The van der Waals surface area contributed by atoms with E-state index in [9.17, 15) is 0 Å². The molecule has 0 atom stereocenters. The van der Waals surface area contributed by atoms with E-state index in [1.165, 1.54) is 5.56 Å². The minimum Gasteiger partial charge on any atom is -0.339 e. The number of pyridine rings is 1. The first-order chi connectivity index (χ1) is 9.01. The van der Waals surface area contributed by atoms with Crippen molar-refractivity contribution in [1.29, 1.82) is 0 Å².